The number of benzene rings is 3. The van der Waals surface area contributed by atoms with Gasteiger partial charge < -0.3 is 10.8 Å². The number of thiol groups is 1. The molecule has 9 heteroatoms. The number of hydrogen-bond donors (Lipinski definition) is 3. The molecule has 0 bridgehead atoms. The Balaban J connectivity index is 0.00000205. The molecule has 0 radical (unpaired) electrons. The van der Waals surface area contributed by atoms with E-state index in [9.17, 15) is 18.3 Å². The summed E-state index contributed by atoms with van der Waals surface area (Å²) in [4.78, 5) is 0. The molecule has 4 nitrogen and oxygen atoms in total. The molecule has 1 unspecified atom stereocenters. The first kappa shape index (κ1) is 30.5. The van der Waals surface area contributed by atoms with E-state index in [1.54, 1.807) is 12.3 Å². The summed E-state index contributed by atoms with van der Waals surface area (Å²) in [5.74, 6) is -0.486. The third-order valence-electron chi connectivity index (χ3n) is 7.14. The topological polar surface area (TPSA) is 73.3 Å². The lowest BCUT2D eigenvalue weighted by Gasteiger charge is -2.42. The van der Waals surface area contributed by atoms with Crippen molar-refractivity contribution in [3.63, 3.8) is 0 Å². The van der Waals surface area contributed by atoms with Crippen molar-refractivity contribution in [2.75, 3.05) is 11.4 Å². The van der Waals surface area contributed by atoms with Gasteiger partial charge in [0.1, 0.15) is 0 Å². The molecule has 0 amide bonds. The maximum Gasteiger partial charge on any atom is 0.417 e. The van der Waals surface area contributed by atoms with E-state index in [0.29, 0.717) is 31.0 Å². The van der Waals surface area contributed by atoms with Gasteiger partial charge in [-0.15, -0.1) is 0 Å². The molecule has 1 fully saturated rings. The number of halogens is 4. The molecule has 4 rings (SSSR count). The predicted molar refractivity (Wildman–Crippen MR) is 150 cm³/mol. The Labute approximate surface area is 232 Å². The Bertz CT molecular complexity index is 1290. The van der Waals surface area contributed by atoms with Gasteiger partial charge in [-0.2, -0.15) is 36.2 Å². The number of nitrogens with zero attached hydrogens (tertiary/aromatic N) is 2. The van der Waals surface area contributed by atoms with Crippen LogP contribution in [0, 0.1) is 17.2 Å². The van der Waals surface area contributed by atoms with Crippen molar-refractivity contribution in [3.8, 4) is 17.2 Å². The van der Waals surface area contributed by atoms with Crippen LogP contribution in [0.25, 0.3) is 11.1 Å². The van der Waals surface area contributed by atoms with Gasteiger partial charge in [-0.1, -0.05) is 66.2 Å². The van der Waals surface area contributed by atoms with Gasteiger partial charge in [0.15, 0.2) is 5.72 Å². The van der Waals surface area contributed by atoms with E-state index in [1.807, 2.05) is 42.5 Å². The fourth-order valence-corrected chi connectivity index (χ4v) is 5.19. The van der Waals surface area contributed by atoms with Gasteiger partial charge in [0, 0.05) is 18.9 Å². The van der Waals surface area contributed by atoms with Crippen LogP contribution < -0.4 is 10.9 Å². The number of nitrogens with two attached hydrogens (primary N) is 1. The summed E-state index contributed by atoms with van der Waals surface area (Å²) < 4.78 is 56.8. The zero-order chi connectivity index (χ0) is 28.6. The summed E-state index contributed by atoms with van der Waals surface area (Å²) in [6, 6.07) is 19.2. The standard InChI is InChI=1S/C29H29F4N3O.CH4S/c30-29(31,32)27-16-26(13-12-24(27)19-35)36(33)28(37,25-10-2-1-3-11-25)17-20-6-4-8-22(14-20)23-9-5-7-21(15-23)18-34;1-2/h4-9,12-16,25,37H,1-3,10-11,17-18,34H2;2H,1H3. The van der Waals surface area contributed by atoms with Crippen molar-refractivity contribution in [2.45, 2.75) is 57.0 Å². The van der Waals surface area contributed by atoms with Crippen molar-refractivity contribution in [1.82, 2.24) is 0 Å². The van der Waals surface area contributed by atoms with Gasteiger partial charge in [0.25, 0.3) is 0 Å². The lowest BCUT2D eigenvalue weighted by Crippen LogP contribution is -2.53. The molecule has 0 aliphatic heterocycles. The molecule has 1 atom stereocenters. The van der Waals surface area contributed by atoms with E-state index < -0.39 is 34.6 Å². The van der Waals surface area contributed by atoms with Crippen LogP contribution in [0.2, 0.25) is 0 Å². The van der Waals surface area contributed by atoms with Gasteiger partial charge in [-0.3, -0.25) is 0 Å². The minimum absolute atomic E-state index is 0.0705. The van der Waals surface area contributed by atoms with Gasteiger partial charge in [0.2, 0.25) is 0 Å². The van der Waals surface area contributed by atoms with E-state index in [-0.39, 0.29) is 11.5 Å². The van der Waals surface area contributed by atoms with Crippen molar-refractivity contribution in [3.05, 3.63) is 89.0 Å². The van der Waals surface area contributed by atoms with Crippen LogP contribution in [0.15, 0.2) is 66.7 Å². The summed E-state index contributed by atoms with van der Waals surface area (Å²) in [6.07, 6.45) is 0.398. The summed E-state index contributed by atoms with van der Waals surface area (Å²) in [5, 5.41) is 21.0. The molecule has 39 heavy (non-hydrogen) atoms. The van der Waals surface area contributed by atoms with Crippen LogP contribution in [0.1, 0.15) is 54.4 Å². The highest BCUT2D eigenvalue weighted by Gasteiger charge is 2.45. The van der Waals surface area contributed by atoms with E-state index in [4.69, 9.17) is 11.0 Å². The molecule has 1 aliphatic rings. The molecule has 0 heterocycles. The molecular weight excluding hydrogens is 526 g/mol. The van der Waals surface area contributed by atoms with Crippen molar-refractivity contribution in [2.24, 2.45) is 11.7 Å². The highest BCUT2D eigenvalue weighted by atomic mass is 32.1. The van der Waals surface area contributed by atoms with E-state index in [2.05, 4.69) is 12.6 Å². The summed E-state index contributed by atoms with van der Waals surface area (Å²) in [7, 11) is 0. The SMILES string of the molecule is CS.N#Cc1ccc(N(F)C(O)(Cc2cccc(-c3cccc(CN)c3)c2)C2CCCCC2)cc1C(F)(F)F. The molecular formula is C30H33F4N3OS. The van der Waals surface area contributed by atoms with Crippen LogP contribution in [-0.4, -0.2) is 17.1 Å². The third-order valence-corrected chi connectivity index (χ3v) is 7.14. The highest BCUT2D eigenvalue weighted by molar-refractivity contribution is 7.79. The fraction of sp³-hybridized carbons (Fsp3) is 0.367. The minimum Gasteiger partial charge on any atom is -0.368 e. The normalized spacial score (nSPS) is 15.5. The zero-order valence-electron chi connectivity index (χ0n) is 21.8. The summed E-state index contributed by atoms with van der Waals surface area (Å²) in [5.41, 5.74) is 4.81. The van der Waals surface area contributed by atoms with Crippen LogP contribution in [0.5, 0.6) is 0 Å². The van der Waals surface area contributed by atoms with Gasteiger partial charge >= 0.3 is 6.18 Å². The quantitative estimate of drug-likeness (QED) is 0.122. The van der Waals surface area contributed by atoms with Gasteiger partial charge in [0.05, 0.1) is 22.9 Å². The number of anilines is 1. The van der Waals surface area contributed by atoms with Crippen LogP contribution in [0.3, 0.4) is 0 Å². The highest BCUT2D eigenvalue weighted by Crippen LogP contribution is 2.42. The second-order valence-corrected chi connectivity index (χ2v) is 9.62. The van der Waals surface area contributed by atoms with Crippen molar-refractivity contribution < 1.29 is 22.8 Å². The minimum atomic E-state index is -4.84. The maximum absolute atomic E-state index is 16.1. The molecule has 3 N–H and O–H groups in total. The Hall–Kier alpha value is -3.06. The van der Waals surface area contributed by atoms with Crippen molar-refractivity contribution >= 4 is 18.3 Å². The Morgan fingerprint density at radius 1 is 0.949 bits per heavy atom. The Morgan fingerprint density at radius 3 is 2.10 bits per heavy atom. The third kappa shape index (κ3) is 7.13. The molecule has 3 aromatic rings. The second kappa shape index (κ2) is 13.3. The van der Waals surface area contributed by atoms with Gasteiger partial charge in [-0.25, -0.2) is 0 Å². The van der Waals surface area contributed by atoms with Crippen LogP contribution in [-0.2, 0) is 19.1 Å². The molecule has 0 saturated heterocycles. The molecule has 3 aromatic carbocycles. The maximum atomic E-state index is 16.1. The van der Waals surface area contributed by atoms with E-state index >= 15 is 4.48 Å². The van der Waals surface area contributed by atoms with Crippen LogP contribution in [0.4, 0.5) is 23.3 Å². The summed E-state index contributed by atoms with van der Waals surface area (Å²) >= 11 is 3.53. The first-order chi connectivity index (χ1) is 18.7. The molecule has 208 valence electrons. The molecule has 0 aromatic heterocycles. The average molecular weight is 560 g/mol. The molecule has 0 spiro atoms. The number of hydrogen-bond acceptors (Lipinski definition) is 5. The molecule has 1 aliphatic carbocycles. The lowest BCUT2D eigenvalue weighted by molar-refractivity contribution is -0.137. The predicted octanol–water partition coefficient (Wildman–Crippen LogP) is 7.45. The number of nitriles is 1. The van der Waals surface area contributed by atoms with E-state index in [1.165, 1.54) is 6.07 Å². The number of aliphatic hydroxyl groups is 1. The Morgan fingerprint density at radius 2 is 1.54 bits per heavy atom. The Kier molecular flexibility index (Phi) is 10.4. The van der Waals surface area contributed by atoms with Crippen LogP contribution >= 0.6 is 12.6 Å². The average Bonchev–Trinajstić information content (AvgIpc) is 2.97. The first-order valence-corrected chi connectivity index (χ1v) is 13.7. The first-order valence-electron chi connectivity index (χ1n) is 12.8. The monoisotopic (exact) mass is 559 g/mol. The molecule has 1 saturated carbocycles. The van der Waals surface area contributed by atoms with Gasteiger partial charge in [-0.05, 0) is 65.6 Å². The summed E-state index contributed by atoms with van der Waals surface area (Å²) in [6.45, 7) is 0.385. The lowest BCUT2D eigenvalue weighted by atomic mass is 9.78. The number of alkyl halides is 3. The number of rotatable bonds is 7. The fourth-order valence-electron chi connectivity index (χ4n) is 5.19. The second-order valence-electron chi connectivity index (χ2n) is 9.62. The van der Waals surface area contributed by atoms with E-state index in [0.717, 1.165) is 48.1 Å². The van der Waals surface area contributed by atoms with Crippen molar-refractivity contribution in [1.29, 1.82) is 5.26 Å². The smallest absolute Gasteiger partial charge is 0.368 e. The zero-order valence-corrected chi connectivity index (χ0v) is 22.7. The largest absolute Gasteiger partial charge is 0.417 e.